The molecule has 0 radical (unpaired) electrons. The Bertz CT molecular complexity index is 1190. The van der Waals surface area contributed by atoms with Gasteiger partial charge in [-0.15, -0.1) is 0 Å². The largest absolute Gasteiger partial charge is 0.468 e. The molecule has 0 fully saturated rings. The maximum Gasteiger partial charge on any atom is 0.422 e. The van der Waals surface area contributed by atoms with Gasteiger partial charge in [0.15, 0.2) is 6.61 Å². The molecule has 10 heteroatoms. The Morgan fingerprint density at radius 1 is 1.03 bits per heavy atom. The molecule has 4 aromatic rings. The van der Waals surface area contributed by atoms with Gasteiger partial charge in [-0.05, 0) is 30.3 Å². The van der Waals surface area contributed by atoms with E-state index in [-0.39, 0.29) is 5.88 Å². The van der Waals surface area contributed by atoms with Crippen molar-refractivity contribution in [2.45, 2.75) is 6.18 Å². The first-order chi connectivity index (χ1) is 15.4. The molecule has 7 nitrogen and oxygen atoms in total. The molecule has 0 aliphatic rings. The lowest BCUT2D eigenvalue weighted by atomic mass is 10.1. The van der Waals surface area contributed by atoms with Gasteiger partial charge in [-0.1, -0.05) is 18.2 Å². The number of hydrogen-bond donors (Lipinski definition) is 1. The maximum atomic E-state index is 13.0. The SMILES string of the molecule is O=C(Nc1ccc(OCC(F)(F)F)nc1)c1cn(-c2ccccc2)nc1-c1cccnc1. The van der Waals surface area contributed by atoms with Crippen molar-refractivity contribution < 1.29 is 22.7 Å². The fourth-order valence-corrected chi connectivity index (χ4v) is 2.86. The number of hydrogen-bond acceptors (Lipinski definition) is 5. The molecule has 3 heterocycles. The fourth-order valence-electron chi connectivity index (χ4n) is 2.86. The van der Waals surface area contributed by atoms with Crippen LogP contribution in [0.5, 0.6) is 5.88 Å². The topological polar surface area (TPSA) is 81.9 Å². The number of alkyl halides is 3. The lowest BCUT2D eigenvalue weighted by Gasteiger charge is -2.09. The predicted molar refractivity (Wildman–Crippen MR) is 111 cm³/mol. The van der Waals surface area contributed by atoms with E-state index >= 15 is 0 Å². The van der Waals surface area contributed by atoms with Crippen LogP contribution in [0.1, 0.15) is 10.4 Å². The van der Waals surface area contributed by atoms with E-state index in [0.717, 1.165) is 5.69 Å². The lowest BCUT2D eigenvalue weighted by Crippen LogP contribution is -2.19. The number of carbonyl (C=O) groups is 1. The third kappa shape index (κ3) is 5.09. The highest BCUT2D eigenvalue weighted by atomic mass is 19.4. The minimum atomic E-state index is -4.46. The van der Waals surface area contributed by atoms with Crippen molar-refractivity contribution in [1.29, 1.82) is 0 Å². The van der Waals surface area contributed by atoms with Gasteiger partial charge < -0.3 is 10.1 Å². The second-order valence-electron chi connectivity index (χ2n) is 6.66. The summed E-state index contributed by atoms with van der Waals surface area (Å²) in [6.45, 7) is -1.45. The first-order valence-corrected chi connectivity index (χ1v) is 9.41. The van der Waals surface area contributed by atoms with Gasteiger partial charge in [-0.3, -0.25) is 9.78 Å². The van der Waals surface area contributed by atoms with Gasteiger partial charge in [0.2, 0.25) is 5.88 Å². The second-order valence-corrected chi connectivity index (χ2v) is 6.66. The fraction of sp³-hybridized carbons (Fsp3) is 0.0909. The van der Waals surface area contributed by atoms with Crippen LogP contribution in [0.4, 0.5) is 18.9 Å². The number of carbonyl (C=O) groups excluding carboxylic acids is 1. The molecule has 1 N–H and O–H groups in total. The monoisotopic (exact) mass is 439 g/mol. The minimum absolute atomic E-state index is 0.201. The van der Waals surface area contributed by atoms with Crippen molar-refractivity contribution in [3.05, 3.63) is 84.9 Å². The standard InChI is InChI=1S/C22H16F3N5O2/c23-22(24,25)14-32-19-9-8-16(12-27-19)28-21(31)18-13-30(17-6-2-1-3-7-17)29-20(18)15-5-4-10-26-11-15/h1-13H,14H2,(H,28,31). The smallest absolute Gasteiger partial charge is 0.422 e. The van der Waals surface area contributed by atoms with Crippen molar-refractivity contribution in [2.24, 2.45) is 0 Å². The van der Waals surface area contributed by atoms with Crippen molar-refractivity contribution >= 4 is 11.6 Å². The van der Waals surface area contributed by atoms with Gasteiger partial charge in [0, 0.05) is 30.2 Å². The molecular formula is C22H16F3N5O2. The summed E-state index contributed by atoms with van der Waals surface area (Å²) in [6, 6.07) is 15.5. The van der Waals surface area contributed by atoms with Gasteiger partial charge in [-0.2, -0.15) is 18.3 Å². The van der Waals surface area contributed by atoms with E-state index in [9.17, 15) is 18.0 Å². The molecule has 0 saturated carbocycles. The van der Waals surface area contributed by atoms with Crippen molar-refractivity contribution in [3.8, 4) is 22.8 Å². The number of ether oxygens (including phenoxy) is 1. The van der Waals surface area contributed by atoms with E-state index in [2.05, 4.69) is 25.1 Å². The van der Waals surface area contributed by atoms with Crippen LogP contribution in [0.2, 0.25) is 0 Å². The number of anilines is 1. The first-order valence-electron chi connectivity index (χ1n) is 9.41. The zero-order chi connectivity index (χ0) is 22.6. The molecule has 162 valence electrons. The number of benzene rings is 1. The van der Waals surface area contributed by atoms with Crippen LogP contribution >= 0.6 is 0 Å². The van der Waals surface area contributed by atoms with E-state index in [0.29, 0.717) is 22.5 Å². The minimum Gasteiger partial charge on any atom is -0.468 e. The van der Waals surface area contributed by atoms with Crippen LogP contribution in [0.15, 0.2) is 79.4 Å². The molecule has 32 heavy (non-hydrogen) atoms. The molecule has 0 aliphatic carbocycles. The second kappa shape index (κ2) is 8.88. The number of nitrogens with zero attached hydrogens (tertiary/aromatic N) is 4. The molecule has 1 aromatic carbocycles. The van der Waals surface area contributed by atoms with Crippen molar-refractivity contribution in [3.63, 3.8) is 0 Å². The zero-order valence-electron chi connectivity index (χ0n) is 16.5. The molecule has 0 saturated heterocycles. The van der Waals surface area contributed by atoms with E-state index < -0.39 is 18.7 Å². The molecule has 1 amide bonds. The van der Waals surface area contributed by atoms with E-state index in [1.807, 2.05) is 30.3 Å². The van der Waals surface area contributed by atoms with E-state index in [1.165, 1.54) is 18.3 Å². The Morgan fingerprint density at radius 3 is 2.50 bits per heavy atom. The Morgan fingerprint density at radius 2 is 1.84 bits per heavy atom. The molecule has 0 bridgehead atoms. The lowest BCUT2D eigenvalue weighted by molar-refractivity contribution is -0.154. The number of pyridine rings is 2. The average molecular weight is 439 g/mol. The summed E-state index contributed by atoms with van der Waals surface area (Å²) in [5.41, 5.74) is 2.43. The predicted octanol–water partition coefficient (Wildman–Crippen LogP) is 4.52. The highest BCUT2D eigenvalue weighted by molar-refractivity contribution is 6.08. The summed E-state index contributed by atoms with van der Waals surface area (Å²) in [7, 11) is 0. The molecule has 0 unspecified atom stereocenters. The van der Waals surface area contributed by atoms with Crippen LogP contribution in [0.25, 0.3) is 16.9 Å². The number of halogens is 3. The maximum absolute atomic E-state index is 13.0. The average Bonchev–Trinajstić information content (AvgIpc) is 3.25. The van der Waals surface area contributed by atoms with Crippen LogP contribution in [0.3, 0.4) is 0 Å². The molecule has 4 rings (SSSR count). The zero-order valence-corrected chi connectivity index (χ0v) is 16.5. The number of amides is 1. The van der Waals surface area contributed by atoms with Gasteiger partial charge in [0.25, 0.3) is 5.91 Å². The summed E-state index contributed by atoms with van der Waals surface area (Å²) >= 11 is 0. The molecule has 0 spiro atoms. The summed E-state index contributed by atoms with van der Waals surface area (Å²) in [5, 5.41) is 7.23. The molecule has 3 aromatic heterocycles. The van der Waals surface area contributed by atoms with Crippen molar-refractivity contribution in [1.82, 2.24) is 19.7 Å². The first kappa shape index (κ1) is 21.0. The molecule has 0 aliphatic heterocycles. The quantitative estimate of drug-likeness (QED) is 0.478. The summed E-state index contributed by atoms with van der Waals surface area (Å²) in [4.78, 5) is 20.9. The van der Waals surface area contributed by atoms with Gasteiger partial charge in [0.05, 0.1) is 23.1 Å². The third-order valence-corrected chi connectivity index (χ3v) is 4.29. The van der Waals surface area contributed by atoms with Crippen molar-refractivity contribution in [2.75, 3.05) is 11.9 Å². The summed E-state index contributed by atoms with van der Waals surface area (Å²) in [6.07, 6.45) is 1.57. The summed E-state index contributed by atoms with van der Waals surface area (Å²) < 4.78 is 42.9. The van der Waals surface area contributed by atoms with Gasteiger partial charge in [0.1, 0.15) is 5.69 Å². The summed E-state index contributed by atoms with van der Waals surface area (Å²) in [5.74, 6) is -0.662. The van der Waals surface area contributed by atoms with Crippen LogP contribution in [-0.2, 0) is 0 Å². The van der Waals surface area contributed by atoms with Gasteiger partial charge in [-0.25, -0.2) is 9.67 Å². The number of para-hydroxylation sites is 1. The highest BCUT2D eigenvalue weighted by Crippen LogP contribution is 2.24. The van der Waals surface area contributed by atoms with Crippen LogP contribution in [0, 0.1) is 0 Å². The number of rotatable bonds is 6. The Labute approximate surface area is 180 Å². The van der Waals surface area contributed by atoms with E-state index in [4.69, 9.17) is 0 Å². The van der Waals surface area contributed by atoms with Crippen LogP contribution in [-0.4, -0.2) is 38.4 Å². The molecular weight excluding hydrogens is 423 g/mol. The van der Waals surface area contributed by atoms with Gasteiger partial charge >= 0.3 is 6.18 Å². The Kier molecular flexibility index (Phi) is 5.84. The Balaban J connectivity index is 1.58. The number of nitrogens with one attached hydrogen (secondary N) is 1. The third-order valence-electron chi connectivity index (χ3n) is 4.29. The highest BCUT2D eigenvalue weighted by Gasteiger charge is 2.28. The normalized spacial score (nSPS) is 11.2. The number of aromatic nitrogens is 4. The molecule has 0 atom stereocenters. The van der Waals surface area contributed by atoms with E-state index in [1.54, 1.807) is 35.4 Å². The Hall–Kier alpha value is -4.21. The van der Waals surface area contributed by atoms with Crippen LogP contribution < -0.4 is 10.1 Å².